The predicted molar refractivity (Wildman–Crippen MR) is 0.686 cm³/mol. The van der Waals surface area contributed by atoms with Crippen LogP contribution in [-0.2, 0) is 70.9 Å². The first-order chi connectivity index (χ1) is 0. The second-order valence-electron chi connectivity index (χ2n) is 0. The van der Waals surface area contributed by atoms with Crippen molar-refractivity contribution in [3.63, 3.8) is 0 Å². The van der Waals surface area contributed by atoms with E-state index in [-0.39, 0.29) is 89.8 Å². The van der Waals surface area contributed by atoms with Crippen LogP contribution in [-0.4, -0.2) is 0 Å². The summed E-state index contributed by atoms with van der Waals surface area (Å²) in [6, 6.07) is 0. The van der Waals surface area contributed by atoms with Crippen LogP contribution in [0, 0.1) is 0 Å². The number of rotatable bonds is 0. The van der Waals surface area contributed by atoms with E-state index in [1.165, 1.54) is 0 Å². The van der Waals surface area contributed by atoms with Crippen LogP contribution in [0.2, 0.25) is 0 Å². The van der Waals surface area contributed by atoms with E-state index in [1.54, 1.807) is 0 Å². The molecular weight excluding hydrogens is 201 g/mol. The molecule has 0 aliphatic carbocycles. The maximum Gasteiger partial charge on any atom is 3.00 e. The topological polar surface area (TPSA) is 28.5 Å². The summed E-state index contributed by atoms with van der Waals surface area (Å²) in [5.74, 6) is 0. The SMILES string of the molecule is [Li+].[O-2].[Y+3].[Y+3]. The molecule has 0 bridgehead atoms. The van der Waals surface area contributed by atoms with Gasteiger partial charge < -0.3 is 5.48 Å². The fourth-order valence-corrected chi connectivity index (χ4v) is 0. The fraction of sp³-hybridized carbons (Fsp3) is 0. The zero-order valence-corrected chi connectivity index (χ0v) is 8.24. The summed E-state index contributed by atoms with van der Waals surface area (Å²) in [6.07, 6.45) is 0. The summed E-state index contributed by atoms with van der Waals surface area (Å²) in [5.41, 5.74) is 0. The van der Waals surface area contributed by atoms with Gasteiger partial charge in [-0.15, -0.1) is 0 Å². The summed E-state index contributed by atoms with van der Waals surface area (Å²) in [6.45, 7) is 0. The summed E-state index contributed by atoms with van der Waals surface area (Å²) < 4.78 is 0. The van der Waals surface area contributed by atoms with Gasteiger partial charge in [-0.3, -0.25) is 0 Å². The van der Waals surface area contributed by atoms with Crippen LogP contribution in [0.15, 0.2) is 0 Å². The average Bonchev–Trinajstić information content (AvgIpc) is 0. The molecule has 0 rings (SSSR count). The normalized spacial score (nSPS) is 0. The Morgan fingerprint density at radius 3 is 0.750 bits per heavy atom. The van der Waals surface area contributed by atoms with Gasteiger partial charge in [-0.1, -0.05) is 0 Å². The molecule has 8 valence electrons. The maximum atomic E-state index is 0. The Morgan fingerprint density at radius 2 is 0.750 bits per heavy atom. The van der Waals surface area contributed by atoms with Crippen molar-refractivity contribution in [2.24, 2.45) is 0 Å². The predicted octanol–water partition coefficient (Wildman–Crippen LogP) is -3.12. The largest absolute Gasteiger partial charge is 3.00 e. The minimum Gasteiger partial charge on any atom is -2.00 e. The van der Waals surface area contributed by atoms with Gasteiger partial charge >= 0.3 is 84.3 Å². The van der Waals surface area contributed by atoms with Gasteiger partial charge in [0, 0.05) is 0 Å². The van der Waals surface area contributed by atoms with Gasteiger partial charge in [0.2, 0.25) is 0 Å². The summed E-state index contributed by atoms with van der Waals surface area (Å²) >= 11 is 0. The third-order valence-electron chi connectivity index (χ3n) is 0. The molecule has 0 atom stereocenters. The van der Waals surface area contributed by atoms with Gasteiger partial charge in [0.15, 0.2) is 0 Å². The molecule has 0 saturated heterocycles. The average molecular weight is 201 g/mol. The molecule has 0 aliphatic heterocycles. The first kappa shape index (κ1) is 29.4. The van der Waals surface area contributed by atoms with Crippen LogP contribution in [0.3, 0.4) is 0 Å². The molecule has 0 aromatic carbocycles. The zero-order chi connectivity index (χ0) is 0. The van der Waals surface area contributed by atoms with E-state index in [4.69, 9.17) is 0 Å². The molecule has 0 aromatic heterocycles. The second-order valence-corrected chi connectivity index (χ2v) is 0. The first-order valence-corrected chi connectivity index (χ1v) is 0. The van der Waals surface area contributed by atoms with E-state index in [1.807, 2.05) is 0 Å². The minimum atomic E-state index is 0. The van der Waals surface area contributed by atoms with Crippen molar-refractivity contribution < 1.29 is 89.8 Å². The Morgan fingerprint density at radius 1 is 0.750 bits per heavy atom. The molecular formula is LiOY2+5. The van der Waals surface area contributed by atoms with Gasteiger partial charge in [-0.05, 0) is 0 Å². The van der Waals surface area contributed by atoms with Crippen molar-refractivity contribution in [1.29, 1.82) is 0 Å². The van der Waals surface area contributed by atoms with Crippen LogP contribution >= 0.6 is 0 Å². The Hall–Kier alpha value is 2.77. The molecule has 0 aromatic rings. The summed E-state index contributed by atoms with van der Waals surface area (Å²) in [4.78, 5) is 0. The van der Waals surface area contributed by atoms with E-state index in [0.29, 0.717) is 0 Å². The molecule has 4 heteroatoms. The van der Waals surface area contributed by atoms with Gasteiger partial charge in [0.05, 0.1) is 0 Å². The molecule has 0 radical (unpaired) electrons. The molecule has 0 unspecified atom stereocenters. The summed E-state index contributed by atoms with van der Waals surface area (Å²) in [7, 11) is 0. The Balaban J connectivity index is 0. The van der Waals surface area contributed by atoms with Crippen molar-refractivity contribution in [2.75, 3.05) is 0 Å². The van der Waals surface area contributed by atoms with Gasteiger partial charge in [0.1, 0.15) is 0 Å². The van der Waals surface area contributed by atoms with Gasteiger partial charge in [0.25, 0.3) is 0 Å². The monoisotopic (exact) mass is 201 g/mol. The van der Waals surface area contributed by atoms with Crippen LogP contribution in [0.25, 0.3) is 0 Å². The third-order valence-corrected chi connectivity index (χ3v) is 0. The zero-order valence-electron chi connectivity index (χ0n) is 2.56. The van der Waals surface area contributed by atoms with Crippen LogP contribution in [0.1, 0.15) is 0 Å². The molecule has 0 heterocycles. The second kappa shape index (κ2) is 17.1. The maximum absolute atomic E-state index is 0. The standard InChI is InChI=1S/Li.O.2Y/q+1;-2;2*+3. The van der Waals surface area contributed by atoms with E-state index in [0.717, 1.165) is 0 Å². The first-order valence-electron chi connectivity index (χ1n) is 0. The Labute approximate surface area is 87.9 Å². The molecule has 0 N–H and O–H groups in total. The van der Waals surface area contributed by atoms with Crippen LogP contribution in [0.4, 0.5) is 0 Å². The molecule has 0 aliphatic rings. The Bertz CT molecular complexity index is 6.00. The van der Waals surface area contributed by atoms with E-state index in [2.05, 4.69) is 0 Å². The van der Waals surface area contributed by atoms with Crippen LogP contribution < -0.4 is 18.9 Å². The molecule has 0 spiro atoms. The van der Waals surface area contributed by atoms with Crippen molar-refractivity contribution >= 4 is 0 Å². The molecule has 0 fully saturated rings. The van der Waals surface area contributed by atoms with Crippen molar-refractivity contribution in [1.82, 2.24) is 0 Å². The van der Waals surface area contributed by atoms with Crippen molar-refractivity contribution in [3.05, 3.63) is 0 Å². The summed E-state index contributed by atoms with van der Waals surface area (Å²) in [5, 5.41) is 0. The van der Waals surface area contributed by atoms with Crippen molar-refractivity contribution in [2.45, 2.75) is 0 Å². The molecule has 4 heavy (non-hydrogen) atoms. The number of hydrogen-bond donors (Lipinski definition) is 0. The molecule has 0 saturated carbocycles. The quantitative estimate of drug-likeness (QED) is 0.371. The van der Waals surface area contributed by atoms with E-state index < -0.39 is 0 Å². The molecule has 0 amide bonds. The van der Waals surface area contributed by atoms with Gasteiger partial charge in [-0.25, -0.2) is 0 Å². The molecule has 1 nitrogen and oxygen atoms in total. The van der Waals surface area contributed by atoms with Gasteiger partial charge in [-0.2, -0.15) is 0 Å². The fourth-order valence-electron chi connectivity index (χ4n) is 0. The van der Waals surface area contributed by atoms with E-state index in [9.17, 15) is 0 Å². The smallest absolute Gasteiger partial charge is 2.00 e. The van der Waals surface area contributed by atoms with Crippen LogP contribution in [0.5, 0.6) is 0 Å². The van der Waals surface area contributed by atoms with Crippen molar-refractivity contribution in [3.8, 4) is 0 Å². The minimum absolute atomic E-state index is 0. The Kier molecular flexibility index (Phi) is 126. The third kappa shape index (κ3) is 8.83. The van der Waals surface area contributed by atoms with E-state index >= 15 is 0 Å². The number of hydrogen-bond acceptors (Lipinski definition) is 0.